The Balaban J connectivity index is 1.49. The number of Topliss-reactive ketones (excluding diaryl/α,β-unsaturated/α-hetero) is 1. The van der Waals surface area contributed by atoms with E-state index in [0.717, 1.165) is 23.1 Å². The molecule has 2 atom stereocenters. The van der Waals surface area contributed by atoms with Crippen molar-refractivity contribution in [2.45, 2.75) is 40.0 Å². The number of carbonyl (C=O) groups is 1. The molecule has 5 rings (SSSR count). The molecule has 29 heavy (non-hydrogen) atoms. The number of nitrogens with one attached hydrogen (secondary N) is 1. The number of benzene rings is 1. The molecule has 1 aliphatic heterocycles. The average Bonchev–Trinajstić information content (AvgIpc) is 3.40. The van der Waals surface area contributed by atoms with Crippen LogP contribution in [0.3, 0.4) is 0 Å². The van der Waals surface area contributed by atoms with Crippen molar-refractivity contribution in [3.63, 3.8) is 0 Å². The molecule has 0 bridgehead atoms. The minimum Gasteiger partial charge on any atom is -0.371 e. The van der Waals surface area contributed by atoms with Gasteiger partial charge in [0.15, 0.2) is 11.4 Å². The molecule has 1 aliphatic carbocycles. The van der Waals surface area contributed by atoms with Crippen LogP contribution in [0.1, 0.15) is 50.4 Å². The van der Waals surface area contributed by atoms with Gasteiger partial charge >= 0.3 is 0 Å². The summed E-state index contributed by atoms with van der Waals surface area (Å²) in [7, 11) is 0. The summed E-state index contributed by atoms with van der Waals surface area (Å²) in [4.78, 5) is 27.8. The Hall–Kier alpha value is -2.69. The van der Waals surface area contributed by atoms with E-state index in [0.29, 0.717) is 16.7 Å². The molecule has 5 heteroatoms. The smallest absolute Gasteiger partial charge is 0.171 e. The van der Waals surface area contributed by atoms with E-state index in [4.69, 9.17) is 4.98 Å². The first kappa shape index (κ1) is 18.3. The van der Waals surface area contributed by atoms with E-state index in [2.05, 4.69) is 39.1 Å². The van der Waals surface area contributed by atoms with Crippen molar-refractivity contribution >= 4 is 22.6 Å². The molecule has 1 saturated carbocycles. The molecule has 0 amide bonds. The van der Waals surface area contributed by atoms with Crippen molar-refractivity contribution in [2.75, 3.05) is 18.0 Å². The van der Waals surface area contributed by atoms with Crippen LogP contribution in [0.25, 0.3) is 22.4 Å². The fourth-order valence-electron chi connectivity index (χ4n) is 4.92. The molecule has 1 N–H and O–H groups in total. The maximum Gasteiger partial charge on any atom is 0.171 e. The largest absolute Gasteiger partial charge is 0.371 e. The first-order chi connectivity index (χ1) is 13.9. The van der Waals surface area contributed by atoms with Crippen molar-refractivity contribution < 1.29 is 4.79 Å². The Morgan fingerprint density at radius 3 is 2.66 bits per heavy atom. The fourth-order valence-corrected chi connectivity index (χ4v) is 4.92. The highest BCUT2D eigenvalue weighted by Gasteiger charge is 2.36. The van der Waals surface area contributed by atoms with Gasteiger partial charge in [-0.05, 0) is 36.8 Å². The lowest BCUT2D eigenvalue weighted by atomic mass is 9.87. The molecular weight excluding hydrogens is 360 g/mol. The molecule has 150 valence electrons. The van der Waals surface area contributed by atoms with Gasteiger partial charge < -0.3 is 9.88 Å². The van der Waals surface area contributed by atoms with Gasteiger partial charge in [-0.15, -0.1) is 0 Å². The second kappa shape index (κ2) is 6.68. The third-order valence-electron chi connectivity index (χ3n) is 6.54. The topological polar surface area (TPSA) is 61.9 Å². The summed E-state index contributed by atoms with van der Waals surface area (Å²) in [5.41, 5.74) is 4.59. The molecule has 5 nitrogen and oxygen atoms in total. The Kier molecular flexibility index (Phi) is 4.23. The maximum atomic E-state index is 12.8. The van der Waals surface area contributed by atoms with Gasteiger partial charge in [-0.2, -0.15) is 0 Å². The summed E-state index contributed by atoms with van der Waals surface area (Å²) in [6.45, 7) is 8.13. The number of fused-ring (bicyclic) bond motifs is 2. The Morgan fingerprint density at radius 1 is 1.17 bits per heavy atom. The van der Waals surface area contributed by atoms with Crippen molar-refractivity contribution in [3.8, 4) is 11.3 Å². The van der Waals surface area contributed by atoms with Crippen LogP contribution in [0.15, 0.2) is 36.7 Å². The number of aromatic amines is 1. The number of carbonyl (C=O) groups excluding carboxylic acids is 1. The van der Waals surface area contributed by atoms with Gasteiger partial charge in [0.2, 0.25) is 0 Å². The molecule has 0 spiro atoms. The lowest BCUT2D eigenvalue weighted by molar-refractivity contribution is 0.0860. The van der Waals surface area contributed by atoms with Gasteiger partial charge in [0, 0.05) is 36.0 Å². The number of ketones is 1. The minimum atomic E-state index is -0.458. The predicted molar refractivity (Wildman–Crippen MR) is 116 cm³/mol. The third kappa shape index (κ3) is 3.22. The standard InChI is InChI=1S/C24H28N4O/c1-24(2,3)22(29)19-11-25-23-21(19)27-20(12-26-23)15-6-5-9-18(10-15)28-13-16-7-4-8-17(16)14-28/h5-6,9-12,16-17H,4,7-8,13-14H2,1-3H3,(H,25,26). The van der Waals surface area contributed by atoms with E-state index in [9.17, 15) is 4.79 Å². The van der Waals surface area contributed by atoms with E-state index in [1.807, 2.05) is 20.8 Å². The molecule has 2 fully saturated rings. The molecule has 2 aromatic heterocycles. The number of H-pyrrole nitrogens is 1. The maximum absolute atomic E-state index is 12.8. The highest BCUT2D eigenvalue weighted by atomic mass is 16.1. The number of hydrogen-bond acceptors (Lipinski definition) is 4. The summed E-state index contributed by atoms with van der Waals surface area (Å²) in [6, 6.07) is 8.59. The van der Waals surface area contributed by atoms with Crippen LogP contribution in [0.5, 0.6) is 0 Å². The van der Waals surface area contributed by atoms with Crippen LogP contribution in [0.2, 0.25) is 0 Å². The van der Waals surface area contributed by atoms with E-state index in [-0.39, 0.29) is 5.78 Å². The zero-order valence-electron chi connectivity index (χ0n) is 17.4. The van der Waals surface area contributed by atoms with Gasteiger partial charge in [-0.25, -0.2) is 9.97 Å². The summed E-state index contributed by atoms with van der Waals surface area (Å²) in [5, 5.41) is 0. The zero-order chi connectivity index (χ0) is 20.2. The van der Waals surface area contributed by atoms with Crippen molar-refractivity contribution in [3.05, 3.63) is 42.2 Å². The zero-order valence-corrected chi connectivity index (χ0v) is 17.4. The summed E-state index contributed by atoms with van der Waals surface area (Å²) >= 11 is 0. The molecule has 2 aliphatic rings. The molecule has 0 radical (unpaired) electrons. The monoisotopic (exact) mass is 388 g/mol. The van der Waals surface area contributed by atoms with Crippen LogP contribution in [-0.2, 0) is 0 Å². The Morgan fingerprint density at radius 2 is 1.93 bits per heavy atom. The number of rotatable bonds is 3. The quantitative estimate of drug-likeness (QED) is 0.635. The minimum absolute atomic E-state index is 0.0764. The van der Waals surface area contributed by atoms with Crippen molar-refractivity contribution in [1.29, 1.82) is 0 Å². The summed E-state index contributed by atoms with van der Waals surface area (Å²) in [5.74, 6) is 1.80. The third-order valence-corrected chi connectivity index (χ3v) is 6.54. The average molecular weight is 389 g/mol. The van der Waals surface area contributed by atoms with Crippen LogP contribution in [0, 0.1) is 17.3 Å². The molecular formula is C24H28N4O. The number of aromatic nitrogens is 3. The number of nitrogens with zero attached hydrogens (tertiary/aromatic N) is 3. The normalized spacial score (nSPS) is 21.7. The fraction of sp³-hybridized carbons (Fsp3) is 0.458. The molecule has 1 aromatic carbocycles. The van der Waals surface area contributed by atoms with Crippen molar-refractivity contribution in [1.82, 2.24) is 15.0 Å². The van der Waals surface area contributed by atoms with Gasteiger partial charge in [-0.1, -0.05) is 39.3 Å². The molecule has 1 saturated heterocycles. The Labute approximate surface area is 171 Å². The van der Waals surface area contributed by atoms with E-state index < -0.39 is 5.41 Å². The predicted octanol–water partition coefficient (Wildman–Crippen LogP) is 5.09. The summed E-state index contributed by atoms with van der Waals surface area (Å²) < 4.78 is 0. The summed E-state index contributed by atoms with van der Waals surface area (Å²) in [6.07, 6.45) is 7.68. The van der Waals surface area contributed by atoms with Gasteiger partial charge in [0.1, 0.15) is 5.52 Å². The van der Waals surface area contributed by atoms with Crippen LogP contribution in [0.4, 0.5) is 5.69 Å². The first-order valence-electron chi connectivity index (χ1n) is 10.6. The van der Waals surface area contributed by atoms with Crippen molar-refractivity contribution in [2.24, 2.45) is 17.3 Å². The first-order valence-corrected chi connectivity index (χ1v) is 10.6. The van der Waals surface area contributed by atoms with Gasteiger partial charge in [0.05, 0.1) is 17.5 Å². The lowest BCUT2D eigenvalue weighted by Gasteiger charge is -2.20. The van der Waals surface area contributed by atoms with E-state index in [1.54, 1.807) is 12.4 Å². The van der Waals surface area contributed by atoms with E-state index in [1.165, 1.54) is 38.0 Å². The molecule has 2 unspecified atom stereocenters. The second-order valence-electron chi connectivity index (χ2n) is 9.64. The lowest BCUT2D eigenvalue weighted by Crippen LogP contribution is -2.20. The van der Waals surface area contributed by atoms with Crippen LogP contribution < -0.4 is 4.90 Å². The highest BCUT2D eigenvalue weighted by Crippen LogP contribution is 2.40. The second-order valence-corrected chi connectivity index (χ2v) is 9.64. The van der Waals surface area contributed by atoms with Crippen LogP contribution >= 0.6 is 0 Å². The number of anilines is 1. The highest BCUT2D eigenvalue weighted by molar-refractivity contribution is 6.08. The molecule has 3 aromatic rings. The van der Waals surface area contributed by atoms with Gasteiger partial charge in [-0.3, -0.25) is 4.79 Å². The van der Waals surface area contributed by atoms with Crippen LogP contribution in [-0.4, -0.2) is 33.8 Å². The van der Waals surface area contributed by atoms with E-state index >= 15 is 0 Å². The SMILES string of the molecule is CC(C)(C)C(=O)c1c[nH]c2ncc(-c3cccc(N4CC5CCCC5C4)c3)nc12. The number of hydrogen-bond donors (Lipinski definition) is 1. The van der Waals surface area contributed by atoms with Gasteiger partial charge in [0.25, 0.3) is 0 Å². The molecule has 3 heterocycles. The Bertz CT molecular complexity index is 1070.